The quantitative estimate of drug-likeness (QED) is 0.583. The van der Waals surface area contributed by atoms with Crippen molar-refractivity contribution in [2.75, 3.05) is 31.0 Å². The second-order valence-electron chi connectivity index (χ2n) is 7.26. The molecule has 0 aliphatic carbocycles. The Morgan fingerprint density at radius 1 is 1.03 bits per heavy atom. The minimum absolute atomic E-state index is 0.100. The Labute approximate surface area is 180 Å². The Morgan fingerprint density at radius 3 is 2.61 bits per heavy atom. The molecule has 1 amide bonds. The normalized spacial score (nSPS) is 15.3. The summed E-state index contributed by atoms with van der Waals surface area (Å²) in [4.78, 5) is 28.9. The van der Waals surface area contributed by atoms with Gasteiger partial charge in [-0.2, -0.15) is 0 Å². The third-order valence-electron chi connectivity index (χ3n) is 5.06. The lowest BCUT2D eigenvalue weighted by atomic mass is 10.0. The van der Waals surface area contributed by atoms with E-state index in [9.17, 15) is 9.59 Å². The molecule has 1 saturated heterocycles. The van der Waals surface area contributed by atoms with Crippen molar-refractivity contribution >= 4 is 29.1 Å². The van der Waals surface area contributed by atoms with Crippen molar-refractivity contribution in [1.29, 1.82) is 0 Å². The minimum atomic E-state index is -0.429. The number of hydrogen-bond donors (Lipinski definition) is 2. The zero-order valence-corrected chi connectivity index (χ0v) is 17.1. The summed E-state index contributed by atoms with van der Waals surface area (Å²) in [5.74, 6) is -0.233. The molecule has 2 N–H and O–H groups in total. The van der Waals surface area contributed by atoms with E-state index >= 15 is 0 Å². The van der Waals surface area contributed by atoms with Crippen LogP contribution >= 0.6 is 0 Å². The molecular formula is C24H23N3O4. The van der Waals surface area contributed by atoms with Crippen LogP contribution in [-0.4, -0.2) is 37.2 Å². The van der Waals surface area contributed by atoms with Crippen LogP contribution in [0.5, 0.6) is 0 Å². The number of carbonyl (C=O) groups is 2. The van der Waals surface area contributed by atoms with Gasteiger partial charge in [-0.05, 0) is 60.0 Å². The summed E-state index contributed by atoms with van der Waals surface area (Å²) in [7, 11) is 1.35. The summed E-state index contributed by atoms with van der Waals surface area (Å²) >= 11 is 0. The molecule has 1 aromatic heterocycles. The number of amides is 1. The van der Waals surface area contributed by atoms with Crippen molar-refractivity contribution in [3.8, 4) is 11.1 Å². The third-order valence-corrected chi connectivity index (χ3v) is 5.06. The van der Waals surface area contributed by atoms with Gasteiger partial charge in [0.1, 0.15) is 5.82 Å². The number of benzene rings is 2. The van der Waals surface area contributed by atoms with E-state index in [4.69, 9.17) is 9.47 Å². The van der Waals surface area contributed by atoms with Crippen molar-refractivity contribution < 1.29 is 19.1 Å². The number of para-hydroxylation sites is 1. The number of aromatic nitrogens is 1. The molecule has 0 bridgehead atoms. The molecule has 7 heteroatoms. The first-order valence-corrected chi connectivity index (χ1v) is 10.0. The predicted octanol–water partition coefficient (Wildman–Crippen LogP) is 4.25. The zero-order chi connectivity index (χ0) is 21.6. The number of hydrogen-bond acceptors (Lipinski definition) is 6. The fraction of sp³-hybridized carbons (Fsp3) is 0.208. The summed E-state index contributed by atoms with van der Waals surface area (Å²) in [5, 5.41) is 6.17. The average Bonchev–Trinajstić information content (AvgIpc) is 3.34. The summed E-state index contributed by atoms with van der Waals surface area (Å²) in [6.45, 7) is 1.03. The fourth-order valence-electron chi connectivity index (χ4n) is 3.44. The van der Waals surface area contributed by atoms with E-state index in [-0.39, 0.29) is 11.8 Å². The monoisotopic (exact) mass is 417 g/mol. The lowest BCUT2D eigenvalue weighted by Crippen LogP contribution is -2.23. The highest BCUT2D eigenvalue weighted by Crippen LogP contribution is 2.28. The molecule has 2 heterocycles. The van der Waals surface area contributed by atoms with Gasteiger partial charge in [0.2, 0.25) is 5.91 Å². The second kappa shape index (κ2) is 9.40. The Hall–Kier alpha value is -3.71. The van der Waals surface area contributed by atoms with Gasteiger partial charge in [0, 0.05) is 24.2 Å². The van der Waals surface area contributed by atoms with Crippen LogP contribution in [0.3, 0.4) is 0 Å². The highest BCUT2D eigenvalue weighted by atomic mass is 16.5. The molecular weight excluding hydrogens is 394 g/mol. The number of methoxy groups -OCH3 is 1. The lowest BCUT2D eigenvalue weighted by molar-refractivity contribution is -0.119. The molecule has 3 aromatic rings. The molecule has 4 rings (SSSR count). The molecule has 0 saturated carbocycles. The van der Waals surface area contributed by atoms with Crippen LogP contribution in [0.4, 0.5) is 17.2 Å². The van der Waals surface area contributed by atoms with Gasteiger partial charge in [0.05, 0.1) is 25.2 Å². The van der Waals surface area contributed by atoms with E-state index in [1.165, 1.54) is 7.11 Å². The summed E-state index contributed by atoms with van der Waals surface area (Å²) < 4.78 is 10.2. The van der Waals surface area contributed by atoms with Crippen LogP contribution < -0.4 is 10.6 Å². The summed E-state index contributed by atoms with van der Waals surface area (Å²) in [6, 6.07) is 18.7. The number of ether oxygens (including phenoxy) is 2. The smallest absolute Gasteiger partial charge is 0.337 e. The number of esters is 1. The third kappa shape index (κ3) is 5.07. The van der Waals surface area contributed by atoms with E-state index in [1.54, 1.807) is 24.4 Å². The summed E-state index contributed by atoms with van der Waals surface area (Å²) in [5.41, 5.74) is 3.67. The van der Waals surface area contributed by atoms with Crippen molar-refractivity contribution in [2.24, 2.45) is 5.92 Å². The molecule has 1 atom stereocenters. The molecule has 158 valence electrons. The van der Waals surface area contributed by atoms with Crippen molar-refractivity contribution in [3.05, 3.63) is 72.4 Å². The molecule has 7 nitrogen and oxygen atoms in total. The first-order chi connectivity index (χ1) is 15.1. The maximum Gasteiger partial charge on any atom is 0.337 e. The molecule has 31 heavy (non-hydrogen) atoms. The molecule has 2 aromatic carbocycles. The van der Waals surface area contributed by atoms with Gasteiger partial charge >= 0.3 is 5.97 Å². The Kier molecular flexibility index (Phi) is 6.24. The standard InChI is InChI=1S/C24H23N3O4/c1-30-24(29)19-11-18(12-21(13-19)26-20-5-3-2-4-6-20)16-7-9-25-22(14-16)27-23(28)17-8-10-31-15-17/h2-7,9,11-14,17,26H,8,10,15H2,1H3,(H,25,27,28). The van der Waals surface area contributed by atoms with Crippen molar-refractivity contribution in [3.63, 3.8) is 0 Å². The largest absolute Gasteiger partial charge is 0.465 e. The zero-order valence-electron chi connectivity index (χ0n) is 17.1. The maximum atomic E-state index is 12.4. The molecule has 0 radical (unpaired) electrons. The average molecular weight is 417 g/mol. The van der Waals surface area contributed by atoms with Gasteiger partial charge in [-0.15, -0.1) is 0 Å². The van der Waals surface area contributed by atoms with Crippen LogP contribution in [0.15, 0.2) is 66.9 Å². The predicted molar refractivity (Wildman–Crippen MR) is 118 cm³/mol. The Bertz CT molecular complexity index is 1080. The van der Waals surface area contributed by atoms with E-state index < -0.39 is 5.97 Å². The Morgan fingerprint density at radius 2 is 1.87 bits per heavy atom. The van der Waals surface area contributed by atoms with Gasteiger partial charge in [-0.1, -0.05) is 18.2 Å². The van der Waals surface area contributed by atoms with E-state index in [0.717, 1.165) is 22.5 Å². The molecule has 1 unspecified atom stereocenters. The van der Waals surface area contributed by atoms with Crippen LogP contribution in [0, 0.1) is 5.92 Å². The summed E-state index contributed by atoms with van der Waals surface area (Å²) in [6.07, 6.45) is 2.34. The van der Waals surface area contributed by atoms with E-state index in [0.29, 0.717) is 31.0 Å². The highest BCUT2D eigenvalue weighted by molar-refractivity contribution is 5.94. The van der Waals surface area contributed by atoms with Crippen LogP contribution in [0.1, 0.15) is 16.8 Å². The van der Waals surface area contributed by atoms with Crippen LogP contribution in [0.2, 0.25) is 0 Å². The second-order valence-corrected chi connectivity index (χ2v) is 7.26. The number of rotatable bonds is 6. The van der Waals surface area contributed by atoms with Gasteiger partial charge in [-0.25, -0.2) is 9.78 Å². The first kappa shape index (κ1) is 20.6. The molecule has 1 aliphatic heterocycles. The molecule has 1 aliphatic rings. The topological polar surface area (TPSA) is 89.5 Å². The Balaban J connectivity index is 1.63. The van der Waals surface area contributed by atoms with Gasteiger partial charge in [0.25, 0.3) is 0 Å². The fourth-order valence-corrected chi connectivity index (χ4v) is 3.44. The number of nitrogens with zero attached hydrogens (tertiary/aromatic N) is 1. The van der Waals surface area contributed by atoms with Gasteiger partial charge in [0.15, 0.2) is 0 Å². The lowest BCUT2D eigenvalue weighted by Gasteiger charge is -2.13. The van der Waals surface area contributed by atoms with Gasteiger partial charge in [-0.3, -0.25) is 4.79 Å². The number of pyridine rings is 1. The van der Waals surface area contributed by atoms with Crippen molar-refractivity contribution in [2.45, 2.75) is 6.42 Å². The van der Waals surface area contributed by atoms with Crippen LogP contribution in [-0.2, 0) is 14.3 Å². The number of anilines is 3. The minimum Gasteiger partial charge on any atom is -0.465 e. The number of nitrogens with one attached hydrogen (secondary N) is 2. The highest BCUT2D eigenvalue weighted by Gasteiger charge is 2.23. The van der Waals surface area contributed by atoms with Crippen molar-refractivity contribution in [1.82, 2.24) is 4.98 Å². The molecule has 0 spiro atoms. The van der Waals surface area contributed by atoms with E-state index in [1.807, 2.05) is 42.5 Å². The maximum absolute atomic E-state index is 12.4. The van der Waals surface area contributed by atoms with E-state index in [2.05, 4.69) is 15.6 Å². The first-order valence-electron chi connectivity index (χ1n) is 10.0. The van der Waals surface area contributed by atoms with Gasteiger partial charge < -0.3 is 20.1 Å². The number of carbonyl (C=O) groups excluding carboxylic acids is 2. The SMILES string of the molecule is COC(=O)c1cc(Nc2ccccc2)cc(-c2ccnc(NC(=O)C3CCOC3)c2)c1. The molecule has 1 fully saturated rings. The van der Waals surface area contributed by atoms with Crippen LogP contribution in [0.25, 0.3) is 11.1 Å².